The topological polar surface area (TPSA) is 98.5 Å². The quantitative estimate of drug-likeness (QED) is 0.236. The molecule has 3 saturated carbocycles. The van der Waals surface area contributed by atoms with Gasteiger partial charge in [-0.1, -0.05) is 104 Å². The van der Waals surface area contributed by atoms with Crippen molar-refractivity contribution in [3.05, 3.63) is 48.3 Å². The van der Waals surface area contributed by atoms with E-state index >= 15 is 0 Å². The van der Waals surface area contributed by atoms with Crippen LogP contribution in [0, 0.1) is 62.6 Å². The van der Waals surface area contributed by atoms with Crippen molar-refractivity contribution in [2.45, 2.75) is 125 Å². The summed E-state index contributed by atoms with van der Waals surface area (Å²) in [5.74, 6) is 1.66. The van der Waals surface area contributed by atoms with E-state index in [0.717, 1.165) is 49.9 Å². The predicted octanol–water partition coefficient (Wildman–Crippen LogP) is 9.09. The summed E-state index contributed by atoms with van der Waals surface area (Å²) in [6, 6.07) is 10.4. The lowest BCUT2D eigenvalue weighted by Gasteiger charge is -2.71. The molecule has 292 valence electrons. The average molecular weight is 729 g/mol. The van der Waals surface area contributed by atoms with Gasteiger partial charge in [0.2, 0.25) is 0 Å². The molecule has 1 aromatic carbocycles. The number of carboxylic acids is 1. The molecule has 2 bridgehead atoms. The second-order valence-corrected chi connectivity index (χ2v) is 20.1. The third-order valence-corrected chi connectivity index (χ3v) is 17.4. The minimum atomic E-state index is -0.613. The van der Waals surface area contributed by atoms with Crippen molar-refractivity contribution in [1.29, 1.82) is 0 Å². The summed E-state index contributed by atoms with van der Waals surface area (Å²) in [6.07, 6.45) is 9.94. The van der Waals surface area contributed by atoms with Crippen LogP contribution in [0.25, 0.3) is 11.4 Å². The molecule has 1 saturated heterocycles. The van der Waals surface area contributed by atoms with Crippen LogP contribution in [-0.2, 0) is 14.3 Å². The number of hydrogen-bond acceptors (Lipinski definition) is 6. The molecule has 8 nitrogen and oxygen atoms in total. The van der Waals surface area contributed by atoms with Crippen LogP contribution < -0.4 is 5.32 Å². The van der Waals surface area contributed by atoms with E-state index in [1.165, 1.54) is 5.57 Å². The summed E-state index contributed by atoms with van der Waals surface area (Å²) >= 11 is 0. The summed E-state index contributed by atoms with van der Waals surface area (Å²) in [6.45, 7) is 25.1. The number of rotatable bonds is 10. The lowest BCUT2D eigenvalue weighted by Crippen LogP contribution is -2.69. The van der Waals surface area contributed by atoms with Crippen molar-refractivity contribution in [3.8, 4) is 11.4 Å². The zero-order valence-electron chi connectivity index (χ0n) is 34.5. The molecule has 5 aliphatic rings. The molecular weight excluding hydrogens is 661 g/mol. The van der Waals surface area contributed by atoms with Gasteiger partial charge in [0, 0.05) is 21.9 Å². The van der Waals surface area contributed by atoms with Crippen LogP contribution in [0.2, 0.25) is 0 Å². The number of hydrogen-bond donors (Lipinski definition) is 2. The normalized spacial score (nSPS) is 41.2. The van der Waals surface area contributed by atoms with Crippen molar-refractivity contribution < 1.29 is 19.4 Å². The molecule has 4 fully saturated rings. The molecule has 2 N–H and O–H groups in total. The van der Waals surface area contributed by atoms with E-state index in [0.29, 0.717) is 49.4 Å². The van der Waals surface area contributed by atoms with Crippen molar-refractivity contribution >= 4 is 5.97 Å². The van der Waals surface area contributed by atoms with Gasteiger partial charge in [-0.25, -0.2) is 9.67 Å². The van der Waals surface area contributed by atoms with Crippen LogP contribution >= 0.6 is 0 Å². The number of fused-ring (bicyclic) bond motifs is 3. The van der Waals surface area contributed by atoms with Crippen molar-refractivity contribution in [1.82, 2.24) is 20.1 Å². The first-order valence-corrected chi connectivity index (χ1v) is 20.7. The van der Waals surface area contributed by atoms with E-state index in [9.17, 15) is 9.90 Å². The largest absolute Gasteiger partial charge is 0.481 e. The molecule has 1 aliphatic heterocycles. The lowest BCUT2D eigenvalue weighted by atomic mass is 9.34. The second kappa shape index (κ2) is 13.3. The Morgan fingerprint density at radius 1 is 1.06 bits per heavy atom. The van der Waals surface area contributed by atoms with Gasteiger partial charge in [0.1, 0.15) is 6.33 Å². The Morgan fingerprint density at radius 3 is 2.42 bits per heavy atom. The number of likely N-dealkylation sites (N-methyl/N-ethyl adjacent to an activating group) is 1. The minimum absolute atomic E-state index is 0.0554. The summed E-state index contributed by atoms with van der Waals surface area (Å²) in [4.78, 5) is 18.5. The van der Waals surface area contributed by atoms with Gasteiger partial charge in [0.15, 0.2) is 5.82 Å². The monoisotopic (exact) mass is 729 g/mol. The number of nitrogens with zero attached hydrogens (tertiary/aromatic N) is 3. The van der Waals surface area contributed by atoms with Crippen LogP contribution in [0.1, 0.15) is 114 Å². The highest BCUT2D eigenvalue weighted by atomic mass is 16.5. The van der Waals surface area contributed by atoms with Crippen LogP contribution in [0.5, 0.6) is 0 Å². The van der Waals surface area contributed by atoms with E-state index in [4.69, 9.17) is 19.6 Å². The van der Waals surface area contributed by atoms with Crippen LogP contribution in [0.3, 0.4) is 0 Å². The molecule has 12 atom stereocenters. The van der Waals surface area contributed by atoms with Gasteiger partial charge >= 0.3 is 5.97 Å². The Hall–Kier alpha value is -2.55. The van der Waals surface area contributed by atoms with Crippen LogP contribution in [0.15, 0.2) is 48.3 Å². The number of aromatic nitrogens is 3. The highest BCUT2D eigenvalue weighted by Gasteiger charge is 2.72. The first-order valence-electron chi connectivity index (χ1n) is 20.7. The van der Waals surface area contributed by atoms with Gasteiger partial charge < -0.3 is 19.9 Å². The smallest absolute Gasteiger partial charge is 0.307 e. The molecule has 2 aromatic rings. The fraction of sp³-hybridized carbons (Fsp3) is 0.756. The van der Waals surface area contributed by atoms with Gasteiger partial charge in [-0.2, -0.15) is 5.10 Å². The molecule has 0 amide bonds. The first-order chi connectivity index (χ1) is 24.9. The SMILES string of the molecule is CN[C@@](C)(CO[C@H]1[C@H](n2ncnc2-c2ccccc2)C[C@@]23COC[C@]1(C)[C@@H]2CC[C@H]1C3=CC[C@@]2(C)[C@H](C(=O)O)[C@@](C)([C@H](C)C(C)C)CC[C@]12C)C(C)C. The summed E-state index contributed by atoms with van der Waals surface area (Å²) in [5.41, 5.74) is 1.19. The number of aliphatic carboxylic acids is 1. The zero-order valence-corrected chi connectivity index (χ0v) is 34.5. The molecule has 53 heavy (non-hydrogen) atoms. The number of benzene rings is 1. The number of carbonyl (C=O) groups is 1. The Kier molecular flexibility index (Phi) is 9.71. The van der Waals surface area contributed by atoms with Gasteiger partial charge in [-0.05, 0) is 98.3 Å². The fourth-order valence-electron chi connectivity index (χ4n) is 13.2. The Balaban J connectivity index is 1.35. The second-order valence-electron chi connectivity index (χ2n) is 20.1. The molecule has 0 spiro atoms. The summed E-state index contributed by atoms with van der Waals surface area (Å²) in [7, 11) is 2.04. The predicted molar refractivity (Wildman–Crippen MR) is 210 cm³/mol. The zero-order chi connectivity index (χ0) is 38.4. The van der Waals surface area contributed by atoms with Crippen molar-refractivity contribution in [2.75, 3.05) is 26.9 Å². The Morgan fingerprint density at radius 2 is 1.77 bits per heavy atom. The molecule has 4 aliphatic carbocycles. The lowest BCUT2D eigenvalue weighted by molar-refractivity contribution is -0.253. The standard InChI is InChI=1S/C45H68N4O4/c1-28(2)30(5)40(6)21-22-42(8)32-17-18-35-41(7)24-52-26-45(35,33(32)19-20-43(42,9)36(40)39(50)51)23-34(37(41)53-25-44(10,46-11)29(3)4)49-38(47-27-48-49)31-15-13-12-14-16-31/h12-16,19,27-30,32,34-37,46H,17-18,20-26H2,1-11H3,(H,50,51)/t30-,32+,34-,35+,36-,37+,40-,41-,42-,43+,44+,45+/m1/s1. The molecular formula is C45H68N4O4. The third-order valence-electron chi connectivity index (χ3n) is 17.4. The molecule has 0 radical (unpaired) electrons. The van der Waals surface area contributed by atoms with E-state index in [2.05, 4.69) is 110 Å². The molecule has 2 heterocycles. The number of allylic oxidation sites excluding steroid dienone is 1. The number of carboxylic acid groups (broad SMARTS) is 1. The first kappa shape index (κ1) is 38.7. The van der Waals surface area contributed by atoms with Crippen LogP contribution in [0.4, 0.5) is 0 Å². The van der Waals surface area contributed by atoms with Gasteiger partial charge in [-0.3, -0.25) is 4.79 Å². The maximum atomic E-state index is 13.6. The Bertz CT molecular complexity index is 1710. The van der Waals surface area contributed by atoms with E-state index in [-0.39, 0.29) is 44.8 Å². The highest BCUT2D eigenvalue weighted by molar-refractivity contribution is 5.73. The van der Waals surface area contributed by atoms with Crippen molar-refractivity contribution in [3.63, 3.8) is 0 Å². The molecule has 8 heteroatoms. The molecule has 7 rings (SSSR count). The maximum Gasteiger partial charge on any atom is 0.307 e. The number of ether oxygens (including phenoxy) is 2. The average Bonchev–Trinajstić information content (AvgIpc) is 3.61. The highest BCUT2D eigenvalue weighted by Crippen LogP contribution is 2.75. The van der Waals surface area contributed by atoms with E-state index < -0.39 is 11.9 Å². The Labute approximate surface area is 319 Å². The molecule has 0 unspecified atom stereocenters. The van der Waals surface area contributed by atoms with E-state index in [1.807, 2.05) is 13.1 Å². The van der Waals surface area contributed by atoms with Crippen molar-refractivity contribution in [2.24, 2.45) is 62.6 Å². The minimum Gasteiger partial charge on any atom is -0.481 e. The van der Waals surface area contributed by atoms with Gasteiger partial charge in [-0.15, -0.1) is 0 Å². The molecule has 1 aromatic heterocycles. The maximum absolute atomic E-state index is 13.6. The van der Waals surface area contributed by atoms with Gasteiger partial charge in [0.05, 0.1) is 37.9 Å². The van der Waals surface area contributed by atoms with Crippen LogP contribution in [-0.4, -0.2) is 64.4 Å². The third kappa shape index (κ3) is 5.49. The van der Waals surface area contributed by atoms with E-state index in [1.54, 1.807) is 6.33 Å². The van der Waals surface area contributed by atoms with Gasteiger partial charge in [0.25, 0.3) is 0 Å². The summed E-state index contributed by atoms with van der Waals surface area (Å²) < 4.78 is 16.3. The number of nitrogens with one attached hydrogen (secondary N) is 1. The summed E-state index contributed by atoms with van der Waals surface area (Å²) in [5, 5.41) is 19.8. The fourth-order valence-corrected chi connectivity index (χ4v) is 13.2.